The number of fused-ring (bicyclic) bond motifs is 1. The summed E-state index contributed by atoms with van der Waals surface area (Å²) in [6.45, 7) is 3.88. The maximum Gasteiger partial charge on any atom is 0.283 e. The summed E-state index contributed by atoms with van der Waals surface area (Å²) < 4.78 is 1.56. The number of hydrogen-bond donors (Lipinski definition) is 1. The number of nitrogens with zero attached hydrogens (tertiary/aromatic N) is 3. The Hall–Kier alpha value is -2.52. The molecule has 22 heavy (non-hydrogen) atoms. The van der Waals surface area contributed by atoms with Crippen molar-refractivity contribution in [1.82, 2.24) is 14.5 Å². The Kier molecular flexibility index (Phi) is 3.73. The molecule has 1 aromatic carbocycles. The van der Waals surface area contributed by atoms with Gasteiger partial charge in [-0.05, 0) is 32.0 Å². The largest absolute Gasteiger partial charge is 0.353 e. The Morgan fingerprint density at radius 3 is 2.73 bits per heavy atom. The van der Waals surface area contributed by atoms with E-state index in [-0.39, 0.29) is 11.3 Å². The zero-order valence-corrected chi connectivity index (χ0v) is 13.1. The number of H-pyrrole nitrogens is 1. The molecule has 110 valence electrons. The van der Waals surface area contributed by atoms with Crippen molar-refractivity contribution in [3.63, 3.8) is 0 Å². The first-order valence-corrected chi connectivity index (χ1v) is 7.78. The average Bonchev–Trinajstić information content (AvgIpc) is 2.87. The molecule has 0 spiro atoms. The number of nitriles is 1. The SMILES string of the molecule is Cc1ccc(-n2c(SCC#N)nc3cc(C)[nH]c3c2=O)cc1. The highest BCUT2D eigenvalue weighted by Crippen LogP contribution is 2.21. The van der Waals surface area contributed by atoms with Crippen molar-refractivity contribution >= 4 is 22.8 Å². The Labute approximate surface area is 131 Å². The number of thioether (sulfide) groups is 1. The standard InChI is InChI=1S/C16H14N4OS/c1-10-3-5-12(6-4-10)20-15(21)14-13(9-11(2)18-14)19-16(20)22-8-7-17/h3-6,9,18H,8H2,1-2H3. The van der Waals surface area contributed by atoms with Crippen molar-refractivity contribution in [2.24, 2.45) is 0 Å². The van der Waals surface area contributed by atoms with Crippen LogP contribution in [0.25, 0.3) is 16.7 Å². The zero-order valence-electron chi connectivity index (χ0n) is 12.3. The maximum atomic E-state index is 12.8. The fourth-order valence-electron chi connectivity index (χ4n) is 2.29. The first-order valence-electron chi connectivity index (χ1n) is 6.79. The van der Waals surface area contributed by atoms with Crippen molar-refractivity contribution in [2.75, 3.05) is 5.75 Å². The number of hydrogen-bond acceptors (Lipinski definition) is 4. The first kappa shape index (κ1) is 14.4. The molecular weight excluding hydrogens is 296 g/mol. The van der Waals surface area contributed by atoms with Crippen LogP contribution in [-0.4, -0.2) is 20.3 Å². The third kappa shape index (κ3) is 2.51. The topological polar surface area (TPSA) is 74.5 Å². The highest BCUT2D eigenvalue weighted by Gasteiger charge is 2.14. The molecule has 0 aliphatic rings. The smallest absolute Gasteiger partial charge is 0.283 e. The Balaban J connectivity index is 2.29. The summed E-state index contributed by atoms with van der Waals surface area (Å²) in [4.78, 5) is 20.4. The van der Waals surface area contributed by atoms with E-state index in [0.29, 0.717) is 16.2 Å². The van der Waals surface area contributed by atoms with Crippen LogP contribution in [0.3, 0.4) is 0 Å². The number of rotatable bonds is 3. The molecule has 0 fully saturated rings. The monoisotopic (exact) mass is 310 g/mol. The van der Waals surface area contributed by atoms with E-state index in [1.54, 1.807) is 4.57 Å². The Bertz CT molecular complexity index is 932. The van der Waals surface area contributed by atoms with Crippen molar-refractivity contribution < 1.29 is 0 Å². The van der Waals surface area contributed by atoms with E-state index in [4.69, 9.17) is 5.26 Å². The molecule has 0 amide bonds. The van der Waals surface area contributed by atoms with Gasteiger partial charge in [0.05, 0.1) is 23.0 Å². The van der Waals surface area contributed by atoms with Crippen molar-refractivity contribution in [1.29, 1.82) is 5.26 Å². The van der Waals surface area contributed by atoms with Crippen molar-refractivity contribution in [3.05, 3.63) is 51.9 Å². The highest BCUT2D eigenvalue weighted by atomic mass is 32.2. The molecule has 0 saturated carbocycles. The van der Waals surface area contributed by atoms with Gasteiger partial charge < -0.3 is 4.98 Å². The number of nitrogens with one attached hydrogen (secondary N) is 1. The summed E-state index contributed by atoms with van der Waals surface area (Å²) in [5.74, 6) is 0.243. The third-order valence-corrected chi connectivity index (χ3v) is 4.12. The molecule has 0 bridgehead atoms. The quantitative estimate of drug-likeness (QED) is 0.596. The van der Waals surface area contributed by atoms with Crippen molar-refractivity contribution in [2.45, 2.75) is 19.0 Å². The lowest BCUT2D eigenvalue weighted by Crippen LogP contribution is -2.21. The average molecular weight is 310 g/mol. The molecule has 2 heterocycles. The van der Waals surface area contributed by atoms with Gasteiger partial charge in [0.25, 0.3) is 5.56 Å². The third-order valence-electron chi connectivity index (χ3n) is 3.31. The van der Waals surface area contributed by atoms with Crippen LogP contribution in [0.4, 0.5) is 0 Å². The molecule has 0 saturated heterocycles. The number of aryl methyl sites for hydroxylation is 2. The molecule has 6 heteroatoms. The van der Waals surface area contributed by atoms with Crippen LogP contribution in [0.5, 0.6) is 0 Å². The van der Waals surface area contributed by atoms with Gasteiger partial charge in [0.15, 0.2) is 5.16 Å². The summed E-state index contributed by atoms with van der Waals surface area (Å²) >= 11 is 1.26. The van der Waals surface area contributed by atoms with Crippen LogP contribution >= 0.6 is 11.8 Å². The zero-order chi connectivity index (χ0) is 15.7. The number of benzene rings is 1. The summed E-state index contributed by atoms with van der Waals surface area (Å²) in [5.41, 5.74) is 3.72. The number of aromatic amines is 1. The fourth-order valence-corrected chi connectivity index (χ4v) is 2.97. The molecule has 1 N–H and O–H groups in total. The van der Waals surface area contributed by atoms with E-state index in [1.807, 2.05) is 44.2 Å². The maximum absolute atomic E-state index is 12.8. The Morgan fingerprint density at radius 2 is 2.05 bits per heavy atom. The van der Waals surface area contributed by atoms with Gasteiger partial charge in [-0.2, -0.15) is 5.26 Å². The molecule has 0 radical (unpaired) electrons. The van der Waals surface area contributed by atoms with Gasteiger partial charge in [0.1, 0.15) is 5.52 Å². The van der Waals surface area contributed by atoms with Gasteiger partial charge in [0.2, 0.25) is 0 Å². The van der Waals surface area contributed by atoms with Gasteiger partial charge in [0, 0.05) is 5.69 Å². The molecule has 3 rings (SSSR count). The molecule has 0 aliphatic carbocycles. The predicted octanol–water partition coefficient (Wildman–Crippen LogP) is 2.95. The molecule has 3 aromatic rings. The van der Waals surface area contributed by atoms with Gasteiger partial charge in [-0.25, -0.2) is 4.98 Å². The molecule has 0 aliphatic heterocycles. The van der Waals surface area contributed by atoms with Gasteiger partial charge in [-0.1, -0.05) is 29.5 Å². The van der Waals surface area contributed by atoms with E-state index in [1.165, 1.54) is 11.8 Å². The minimum Gasteiger partial charge on any atom is -0.353 e. The second-order valence-electron chi connectivity index (χ2n) is 5.03. The minimum absolute atomic E-state index is 0.151. The second kappa shape index (κ2) is 5.70. The van der Waals surface area contributed by atoms with Gasteiger partial charge in [-0.3, -0.25) is 9.36 Å². The predicted molar refractivity (Wildman–Crippen MR) is 87.5 cm³/mol. The van der Waals surface area contributed by atoms with Gasteiger partial charge >= 0.3 is 0 Å². The summed E-state index contributed by atoms with van der Waals surface area (Å²) in [6, 6.07) is 11.6. The lowest BCUT2D eigenvalue weighted by Gasteiger charge is -2.11. The van der Waals surface area contributed by atoms with E-state index in [9.17, 15) is 4.79 Å². The summed E-state index contributed by atoms with van der Waals surface area (Å²) in [7, 11) is 0. The van der Waals surface area contributed by atoms with Gasteiger partial charge in [-0.15, -0.1) is 0 Å². The summed E-state index contributed by atoms with van der Waals surface area (Å²) in [6.07, 6.45) is 0. The molecule has 5 nitrogen and oxygen atoms in total. The van der Waals surface area contributed by atoms with Crippen LogP contribution < -0.4 is 5.56 Å². The van der Waals surface area contributed by atoms with Crippen LogP contribution in [0, 0.1) is 25.2 Å². The normalized spacial score (nSPS) is 10.8. The van der Waals surface area contributed by atoms with Crippen LogP contribution in [0.1, 0.15) is 11.3 Å². The van der Waals surface area contributed by atoms with E-state index in [0.717, 1.165) is 16.9 Å². The molecule has 2 aromatic heterocycles. The second-order valence-corrected chi connectivity index (χ2v) is 5.97. The minimum atomic E-state index is -0.151. The van der Waals surface area contributed by atoms with Crippen LogP contribution in [0.15, 0.2) is 40.3 Å². The molecule has 0 unspecified atom stereocenters. The van der Waals surface area contributed by atoms with Crippen LogP contribution in [-0.2, 0) is 0 Å². The lowest BCUT2D eigenvalue weighted by atomic mass is 10.2. The molecule has 0 atom stereocenters. The van der Waals surface area contributed by atoms with E-state index >= 15 is 0 Å². The van der Waals surface area contributed by atoms with E-state index < -0.39 is 0 Å². The fraction of sp³-hybridized carbons (Fsp3) is 0.188. The Morgan fingerprint density at radius 1 is 1.32 bits per heavy atom. The van der Waals surface area contributed by atoms with Crippen LogP contribution in [0.2, 0.25) is 0 Å². The van der Waals surface area contributed by atoms with E-state index in [2.05, 4.69) is 16.0 Å². The highest BCUT2D eigenvalue weighted by molar-refractivity contribution is 7.99. The first-order chi connectivity index (χ1) is 10.6. The van der Waals surface area contributed by atoms with Crippen molar-refractivity contribution in [3.8, 4) is 11.8 Å². The lowest BCUT2D eigenvalue weighted by molar-refractivity contribution is 0.819. The molecular formula is C16H14N4OS. The summed E-state index contributed by atoms with van der Waals surface area (Å²) in [5, 5.41) is 9.35. The number of aromatic nitrogens is 3.